The number of anilines is 1. The molecule has 0 aromatic heterocycles. The van der Waals surface area contributed by atoms with Gasteiger partial charge in [0.2, 0.25) is 3.79 Å². The summed E-state index contributed by atoms with van der Waals surface area (Å²) in [5, 5.41) is 8.72. The van der Waals surface area contributed by atoms with Gasteiger partial charge in [0.25, 0.3) is 5.91 Å². The van der Waals surface area contributed by atoms with Crippen LogP contribution in [-0.4, -0.2) is 26.8 Å². The van der Waals surface area contributed by atoms with Crippen molar-refractivity contribution in [2.24, 2.45) is 0 Å². The van der Waals surface area contributed by atoms with Crippen molar-refractivity contribution in [3.8, 4) is 0 Å². The number of rotatable bonds is 5. The number of hydrogen-bond donors (Lipinski definition) is 3. The van der Waals surface area contributed by atoms with Crippen molar-refractivity contribution in [2.75, 3.05) is 5.32 Å². The summed E-state index contributed by atoms with van der Waals surface area (Å²) >= 11 is 29.0. The minimum atomic E-state index is -1.89. The fraction of sp³-hybridized carbons (Fsp3) is 0.167. The number of alkyl halides is 3. The first-order valence-corrected chi connectivity index (χ1v) is 9.80. The summed E-state index contributed by atoms with van der Waals surface area (Å²) in [6.07, 6.45) is -1.12. The highest BCUT2D eigenvalue weighted by Gasteiger charge is 2.35. The maximum Gasteiger partial charge on any atom is 0.253 e. The third-order valence-electron chi connectivity index (χ3n) is 3.51. The standard InChI is InChI=1S/C18H15Cl4N3O2S/c1-10(26)11-5-7-14(8-6-11)23-17(28)25-16(18(20,21)22)24-15(27)12-3-2-4-13(19)9-12/h2-9,16H,1H3,(H,24,27)(H2,23,25,28)/t16-/m0/s1. The lowest BCUT2D eigenvalue weighted by atomic mass is 10.1. The maximum absolute atomic E-state index is 12.4. The van der Waals surface area contributed by atoms with E-state index in [9.17, 15) is 9.59 Å². The number of hydrogen-bond acceptors (Lipinski definition) is 3. The predicted octanol–water partition coefficient (Wildman–Crippen LogP) is 4.96. The Labute approximate surface area is 187 Å². The van der Waals surface area contributed by atoms with E-state index in [1.165, 1.54) is 13.0 Å². The largest absolute Gasteiger partial charge is 0.339 e. The molecular weight excluding hydrogens is 464 g/mol. The Morgan fingerprint density at radius 1 is 1.00 bits per heavy atom. The second kappa shape index (κ2) is 9.76. The van der Waals surface area contributed by atoms with Crippen LogP contribution in [0.2, 0.25) is 5.02 Å². The van der Waals surface area contributed by atoms with E-state index in [2.05, 4.69) is 16.0 Å². The molecule has 0 bridgehead atoms. The van der Waals surface area contributed by atoms with Gasteiger partial charge in [-0.25, -0.2) is 0 Å². The third-order valence-corrected chi connectivity index (χ3v) is 4.62. The molecule has 0 saturated carbocycles. The first-order valence-electron chi connectivity index (χ1n) is 7.88. The van der Waals surface area contributed by atoms with E-state index in [4.69, 9.17) is 58.6 Å². The molecule has 0 aliphatic carbocycles. The Morgan fingerprint density at radius 2 is 1.64 bits per heavy atom. The molecule has 5 nitrogen and oxygen atoms in total. The lowest BCUT2D eigenvalue weighted by Crippen LogP contribution is -2.56. The highest BCUT2D eigenvalue weighted by Crippen LogP contribution is 2.29. The van der Waals surface area contributed by atoms with Crippen LogP contribution in [-0.2, 0) is 0 Å². The van der Waals surface area contributed by atoms with Crippen LogP contribution < -0.4 is 16.0 Å². The molecule has 2 aromatic rings. The Hall–Kier alpha value is -1.57. The van der Waals surface area contributed by atoms with Crippen LogP contribution in [0.4, 0.5) is 5.69 Å². The van der Waals surface area contributed by atoms with Crippen molar-refractivity contribution >= 4 is 81.1 Å². The van der Waals surface area contributed by atoms with E-state index in [1.54, 1.807) is 42.5 Å². The van der Waals surface area contributed by atoms with Crippen molar-refractivity contribution in [1.29, 1.82) is 0 Å². The average Bonchev–Trinajstić information content (AvgIpc) is 2.60. The molecule has 0 aliphatic rings. The molecule has 0 heterocycles. The fourth-order valence-corrected chi connectivity index (χ4v) is 2.88. The molecule has 0 radical (unpaired) electrons. The van der Waals surface area contributed by atoms with E-state index in [-0.39, 0.29) is 10.9 Å². The van der Waals surface area contributed by atoms with Crippen LogP contribution in [0.1, 0.15) is 27.6 Å². The smallest absolute Gasteiger partial charge is 0.253 e. The van der Waals surface area contributed by atoms with Crippen molar-refractivity contribution in [2.45, 2.75) is 16.9 Å². The van der Waals surface area contributed by atoms with Gasteiger partial charge in [0, 0.05) is 21.8 Å². The molecule has 2 rings (SSSR count). The normalized spacial score (nSPS) is 12.0. The highest BCUT2D eigenvalue weighted by molar-refractivity contribution is 7.80. The summed E-state index contributed by atoms with van der Waals surface area (Å²) in [6.45, 7) is 1.48. The molecular formula is C18H15Cl4N3O2S. The topological polar surface area (TPSA) is 70.2 Å². The number of carbonyl (C=O) groups excluding carboxylic acids is 2. The summed E-state index contributed by atoms with van der Waals surface area (Å²) in [7, 11) is 0. The molecule has 0 fully saturated rings. The SMILES string of the molecule is CC(=O)c1ccc(NC(=S)N[C@H](NC(=O)c2cccc(Cl)c2)C(Cl)(Cl)Cl)cc1. The second-order valence-corrected chi connectivity index (χ2v) is 8.90. The van der Waals surface area contributed by atoms with E-state index in [0.717, 1.165) is 0 Å². The van der Waals surface area contributed by atoms with E-state index in [1.807, 2.05) is 0 Å². The molecule has 0 spiro atoms. The van der Waals surface area contributed by atoms with Crippen LogP contribution >= 0.6 is 58.6 Å². The minimum absolute atomic E-state index is 0.0488. The van der Waals surface area contributed by atoms with Crippen LogP contribution in [0.15, 0.2) is 48.5 Å². The molecule has 3 N–H and O–H groups in total. The Kier molecular flexibility index (Phi) is 7.92. The molecule has 28 heavy (non-hydrogen) atoms. The molecule has 0 aliphatic heterocycles. The lowest BCUT2D eigenvalue weighted by molar-refractivity contribution is 0.0933. The van der Waals surface area contributed by atoms with Gasteiger partial charge in [-0.1, -0.05) is 52.5 Å². The number of carbonyl (C=O) groups is 2. The van der Waals surface area contributed by atoms with Gasteiger partial charge in [0.1, 0.15) is 6.17 Å². The Morgan fingerprint density at radius 3 is 2.18 bits per heavy atom. The Balaban J connectivity index is 2.06. The molecule has 1 atom stereocenters. The van der Waals surface area contributed by atoms with E-state index >= 15 is 0 Å². The van der Waals surface area contributed by atoms with Gasteiger partial charge >= 0.3 is 0 Å². The number of thiocarbonyl (C=S) groups is 1. The van der Waals surface area contributed by atoms with Crippen molar-refractivity contribution < 1.29 is 9.59 Å². The molecule has 0 saturated heterocycles. The van der Waals surface area contributed by atoms with Crippen LogP contribution in [0, 0.1) is 0 Å². The number of benzene rings is 2. The highest BCUT2D eigenvalue weighted by atomic mass is 35.6. The molecule has 0 unspecified atom stereocenters. The second-order valence-electron chi connectivity index (χ2n) is 5.69. The molecule has 2 aromatic carbocycles. The number of Topliss-reactive ketones (excluding diaryl/α,β-unsaturated/α-hetero) is 1. The zero-order chi connectivity index (χ0) is 20.9. The van der Waals surface area contributed by atoms with Gasteiger partial charge in [-0.15, -0.1) is 0 Å². The fourth-order valence-electron chi connectivity index (χ4n) is 2.13. The van der Waals surface area contributed by atoms with Crippen molar-refractivity contribution in [1.82, 2.24) is 10.6 Å². The van der Waals surface area contributed by atoms with Crippen molar-refractivity contribution in [3.63, 3.8) is 0 Å². The van der Waals surface area contributed by atoms with Gasteiger partial charge in [-0.2, -0.15) is 0 Å². The summed E-state index contributed by atoms with van der Waals surface area (Å²) in [6, 6.07) is 13.0. The van der Waals surface area contributed by atoms with E-state index < -0.39 is 15.9 Å². The minimum Gasteiger partial charge on any atom is -0.339 e. The average molecular weight is 479 g/mol. The quantitative estimate of drug-likeness (QED) is 0.245. The van der Waals surface area contributed by atoms with Gasteiger partial charge in [0.15, 0.2) is 10.9 Å². The first-order chi connectivity index (χ1) is 13.1. The van der Waals surface area contributed by atoms with Gasteiger partial charge < -0.3 is 16.0 Å². The zero-order valence-corrected chi connectivity index (χ0v) is 18.3. The number of ketones is 1. The van der Waals surface area contributed by atoms with Crippen LogP contribution in [0.5, 0.6) is 0 Å². The van der Waals surface area contributed by atoms with Gasteiger partial charge in [-0.3, -0.25) is 9.59 Å². The maximum atomic E-state index is 12.4. The van der Waals surface area contributed by atoms with Crippen LogP contribution in [0.25, 0.3) is 0 Å². The summed E-state index contributed by atoms with van der Waals surface area (Å²) in [5.41, 5.74) is 1.48. The Bertz CT molecular complexity index is 885. The number of amides is 1. The monoisotopic (exact) mass is 477 g/mol. The van der Waals surface area contributed by atoms with Crippen LogP contribution in [0.3, 0.4) is 0 Å². The zero-order valence-electron chi connectivity index (χ0n) is 14.4. The number of nitrogens with one attached hydrogen (secondary N) is 3. The van der Waals surface area contributed by atoms with Gasteiger partial charge in [0.05, 0.1) is 0 Å². The third kappa shape index (κ3) is 6.79. The summed E-state index contributed by atoms with van der Waals surface area (Å²) < 4.78 is -1.89. The molecule has 1 amide bonds. The first kappa shape index (κ1) is 22.7. The predicted molar refractivity (Wildman–Crippen MR) is 119 cm³/mol. The molecule has 10 heteroatoms. The molecule has 148 valence electrons. The summed E-state index contributed by atoms with van der Waals surface area (Å²) in [5.74, 6) is -0.549. The number of halogens is 4. The summed E-state index contributed by atoms with van der Waals surface area (Å²) in [4.78, 5) is 23.7. The lowest BCUT2D eigenvalue weighted by Gasteiger charge is -2.27. The van der Waals surface area contributed by atoms with Crippen molar-refractivity contribution in [3.05, 3.63) is 64.7 Å². The van der Waals surface area contributed by atoms with E-state index in [0.29, 0.717) is 21.8 Å². The van der Waals surface area contributed by atoms with Gasteiger partial charge in [-0.05, 0) is 61.6 Å².